The van der Waals surface area contributed by atoms with Crippen LogP contribution in [0.2, 0.25) is 0 Å². The van der Waals surface area contributed by atoms with Crippen LogP contribution in [0.15, 0.2) is 36.4 Å². The largest absolute Gasteiger partial charge is 0.294 e. The summed E-state index contributed by atoms with van der Waals surface area (Å²) < 4.78 is 0. The lowest BCUT2D eigenvalue weighted by Crippen LogP contribution is -1.92. The Morgan fingerprint density at radius 2 is 1.93 bits per heavy atom. The van der Waals surface area contributed by atoms with Gasteiger partial charge >= 0.3 is 0 Å². The number of hydrogen-bond donors (Lipinski definition) is 0. The highest BCUT2D eigenvalue weighted by Gasteiger charge is 2.27. The fraction of sp³-hybridized carbons (Fsp3) is 0.214. The first-order valence-corrected chi connectivity index (χ1v) is 5.32. The average molecular weight is 196 g/mol. The van der Waals surface area contributed by atoms with Crippen molar-refractivity contribution in [2.45, 2.75) is 19.3 Å². The fourth-order valence-corrected chi connectivity index (χ4v) is 2.50. The molecule has 1 heteroatoms. The molecular weight excluding hydrogens is 184 g/mol. The van der Waals surface area contributed by atoms with Gasteiger partial charge in [0, 0.05) is 12.0 Å². The van der Waals surface area contributed by atoms with Crippen molar-refractivity contribution >= 4 is 16.6 Å². The molecule has 0 aromatic heterocycles. The van der Waals surface area contributed by atoms with E-state index in [0.29, 0.717) is 18.1 Å². The van der Waals surface area contributed by atoms with Crippen LogP contribution in [0.1, 0.15) is 35.2 Å². The summed E-state index contributed by atoms with van der Waals surface area (Å²) in [5.41, 5.74) is 2.18. The molecule has 3 rings (SSSR count). The first-order valence-electron chi connectivity index (χ1n) is 5.32. The summed E-state index contributed by atoms with van der Waals surface area (Å²) in [6.07, 6.45) is 0.670. The maximum atomic E-state index is 11.9. The zero-order chi connectivity index (χ0) is 10.4. The highest BCUT2D eigenvalue weighted by molar-refractivity contribution is 6.12. The number of Topliss-reactive ketones (excluding diaryl/α,β-unsaturated/α-hetero) is 1. The van der Waals surface area contributed by atoms with Crippen molar-refractivity contribution in [3.05, 3.63) is 47.5 Å². The quantitative estimate of drug-likeness (QED) is 0.630. The van der Waals surface area contributed by atoms with E-state index in [4.69, 9.17) is 0 Å². The first kappa shape index (κ1) is 8.66. The summed E-state index contributed by atoms with van der Waals surface area (Å²) in [5, 5.41) is 2.28. The number of carbonyl (C=O) groups excluding carboxylic acids is 1. The van der Waals surface area contributed by atoms with Crippen LogP contribution < -0.4 is 0 Å². The van der Waals surface area contributed by atoms with Gasteiger partial charge in [-0.3, -0.25) is 4.79 Å². The van der Waals surface area contributed by atoms with Crippen LogP contribution in [0.5, 0.6) is 0 Å². The Morgan fingerprint density at radius 3 is 2.80 bits per heavy atom. The van der Waals surface area contributed by atoms with Gasteiger partial charge in [0.1, 0.15) is 0 Å². The lowest BCUT2D eigenvalue weighted by atomic mass is 9.98. The van der Waals surface area contributed by atoms with Crippen molar-refractivity contribution < 1.29 is 4.79 Å². The van der Waals surface area contributed by atoms with Crippen molar-refractivity contribution in [1.82, 2.24) is 0 Å². The molecule has 0 heterocycles. The molecule has 15 heavy (non-hydrogen) atoms. The van der Waals surface area contributed by atoms with E-state index < -0.39 is 0 Å². The molecule has 0 amide bonds. The summed E-state index contributed by atoms with van der Waals surface area (Å²) >= 11 is 0. The lowest BCUT2D eigenvalue weighted by molar-refractivity contribution is 0.0991. The molecule has 2 aromatic rings. The second-order valence-electron chi connectivity index (χ2n) is 4.28. The van der Waals surface area contributed by atoms with Crippen molar-refractivity contribution in [1.29, 1.82) is 0 Å². The van der Waals surface area contributed by atoms with E-state index in [1.165, 1.54) is 10.9 Å². The highest BCUT2D eigenvalue weighted by Crippen LogP contribution is 2.36. The van der Waals surface area contributed by atoms with Gasteiger partial charge in [-0.1, -0.05) is 43.3 Å². The Morgan fingerprint density at radius 1 is 1.13 bits per heavy atom. The third kappa shape index (κ3) is 1.13. The normalized spacial score (nSPS) is 19.5. The third-order valence-electron chi connectivity index (χ3n) is 3.26. The minimum atomic E-state index is 0.300. The molecule has 0 radical (unpaired) electrons. The minimum absolute atomic E-state index is 0.300. The Bertz CT molecular complexity index is 554. The number of ketones is 1. The summed E-state index contributed by atoms with van der Waals surface area (Å²) in [5.74, 6) is 0.686. The van der Waals surface area contributed by atoms with Gasteiger partial charge in [0.2, 0.25) is 0 Å². The zero-order valence-corrected chi connectivity index (χ0v) is 8.66. The van der Waals surface area contributed by atoms with Gasteiger partial charge in [-0.2, -0.15) is 0 Å². The Balaban J connectivity index is 2.44. The van der Waals surface area contributed by atoms with E-state index in [1.54, 1.807) is 0 Å². The molecule has 1 atom stereocenters. The fourth-order valence-electron chi connectivity index (χ4n) is 2.50. The molecule has 0 bridgehead atoms. The molecule has 0 N–H and O–H groups in total. The topological polar surface area (TPSA) is 17.1 Å². The van der Waals surface area contributed by atoms with E-state index in [-0.39, 0.29) is 0 Å². The molecule has 0 spiro atoms. The molecule has 1 aliphatic rings. The monoisotopic (exact) mass is 196 g/mol. The van der Waals surface area contributed by atoms with Crippen LogP contribution in [-0.2, 0) is 0 Å². The number of rotatable bonds is 0. The summed E-state index contributed by atoms with van der Waals surface area (Å²) in [4.78, 5) is 11.9. The van der Waals surface area contributed by atoms with Crippen molar-refractivity contribution in [3.63, 3.8) is 0 Å². The summed E-state index contributed by atoms with van der Waals surface area (Å²) in [6, 6.07) is 12.3. The Hall–Kier alpha value is -1.63. The van der Waals surface area contributed by atoms with Crippen molar-refractivity contribution in [2.75, 3.05) is 0 Å². The van der Waals surface area contributed by atoms with E-state index >= 15 is 0 Å². The third-order valence-corrected chi connectivity index (χ3v) is 3.26. The number of benzene rings is 2. The molecule has 74 valence electrons. The smallest absolute Gasteiger partial charge is 0.164 e. The maximum Gasteiger partial charge on any atom is 0.164 e. The van der Waals surface area contributed by atoms with E-state index in [9.17, 15) is 4.79 Å². The predicted molar refractivity (Wildman–Crippen MR) is 61.3 cm³/mol. The van der Waals surface area contributed by atoms with E-state index in [0.717, 1.165) is 10.9 Å². The molecule has 0 aliphatic heterocycles. The van der Waals surface area contributed by atoms with Gasteiger partial charge < -0.3 is 0 Å². The molecule has 0 saturated carbocycles. The average Bonchev–Trinajstić information content (AvgIpc) is 2.55. The van der Waals surface area contributed by atoms with Gasteiger partial charge in [0.05, 0.1) is 0 Å². The molecule has 2 aromatic carbocycles. The van der Waals surface area contributed by atoms with Crippen LogP contribution in [0.3, 0.4) is 0 Å². The van der Waals surface area contributed by atoms with E-state index in [1.807, 2.05) is 18.2 Å². The summed E-state index contributed by atoms with van der Waals surface area (Å²) in [6.45, 7) is 2.12. The minimum Gasteiger partial charge on any atom is -0.294 e. The number of carbonyl (C=O) groups is 1. The lowest BCUT2D eigenvalue weighted by Gasteiger charge is -2.05. The SMILES string of the molecule is C[C@@H]1CC(=O)c2c1ccc1ccccc21. The zero-order valence-electron chi connectivity index (χ0n) is 8.66. The molecule has 0 saturated heterocycles. The molecule has 1 aliphatic carbocycles. The van der Waals surface area contributed by atoms with Gasteiger partial charge in [-0.05, 0) is 22.3 Å². The second-order valence-corrected chi connectivity index (χ2v) is 4.28. The van der Waals surface area contributed by atoms with E-state index in [2.05, 4.69) is 25.1 Å². The van der Waals surface area contributed by atoms with Crippen LogP contribution in [-0.4, -0.2) is 5.78 Å². The first-order chi connectivity index (χ1) is 7.27. The van der Waals surface area contributed by atoms with Crippen LogP contribution in [0, 0.1) is 0 Å². The summed E-state index contributed by atoms with van der Waals surface area (Å²) in [7, 11) is 0. The van der Waals surface area contributed by atoms with Crippen LogP contribution in [0.4, 0.5) is 0 Å². The molecule has 0 unspecified atom stereocenters. The van der Waals surface area contributed by atoms with Gasteiger partial charge in [0.15, 0.2) is 5.78 Å². The Labute approximate surface area is 88.7 Å². The number of hydrogen-bond acceptors (Lipinski definition) is 1. The predicted octanol–water partition coefficient (Wildman–Crippen LogP) is 3.53. The van der Waals surface area contributed by atoms with Gasteiger partial charge in [0.25, 0.3) is 0 Å². The number of fused-ring (bicyclic) bond motifs is 3. The van der Waals surface area contributed by atoms with Crippen LogP contribution >= 0.6 is 0 Å². The van der Waals surface area contributed by atoms with Crippen LogP contribution in [0.25, 0.3) is 10.8 Å². The van der Waals surface area contributed by atoms with Crippen molar-refractivity contribution in [2.24, 2.45) is 0 Å². The molecular formula is C14H12O. The highest BCUT2D eigenvalue weighted by atomic mass is 16.1. The molecule has 0 fully saturated rings. The standard InChI is InChI=1S/C14H12O/c1-9-8-13(15)14-11(9)7-6-10-4-2-3-5-12(10)14/h2-7,9H,8H2,1H3/t9-/m1/s1. The van der Waals surface area contributed by atoms with Gasteiger partial charge in [-0.15, -0.1) is 0 Å². The van der Waals surface area contributed by atoms with Crippen molar-refractivity contribution in [3.8, 4) is 0 Å². The molecule has 1 nitrogen and oxygen atoms in total. The van der Waals surface area contributed by atoms with Gasteiger partial charge in [-0.25, -0.2) is 0 Å². The maximum absolute atomic E-state index is 11.9. The Kier molecular flexibility index (Phi) is 1.69. The second kappa shape index (κ2) is 2.93.